The highest BCUT2D eigenvalue weighted by Gasteiger charge is 2.30. The van der Waals surface area contributed by atoms with Crippen LogP contribution < -0.4 is 5.43 Å². The van der Waals surface area contributed by atoms with Crippen molar-refractivity contribution in [2.45, 2.75) is 18.2 Å². The Bertz CT molecular complexity index is 1000. The number of non-ortho nitro benzene ring substituents is 1. The first-order chi connectivity index (χ1) is 13.9. The molecule has 3 rings (SSSR count). The minimum absolute atomic E-state index is 0.170. The van der Waals surface area contributed by atoms with Crippen LogP contribution in [0.1, 0.15) is 18.1 Å². The number of nitrogens with one attached hydrogen (secondary N) is 1. The molecule has 0 aliphatic carbocycles. The molecule has 1 heterocycles. The fourth-order valence-electron chi connectivity index (χ4n) is 2.87. The molecule has 9 nitrogen and oxygen atoms in total. The molecule has 1 saturated heterocycles. The van der Waals surface area contributed by atoms with Gasteiger partial charge in [-0.15, -0.1) is 0 Å². The summed E-state index contributed by atoms with van der Waals surface area (Å²) < 4.78 is 32.5. The lowest BCUT2D eigenvalue weighted by molar-refractivity contribution is -0.385. The molecule has 0 amide bonds. The summed E-state index contributed by atoms with van der Waals surface area (Å²) >= 11 is 0. The van der Waals surface area contributed by atoms with Crippen molar-refractivity contribution in [3.63, 3.8) is 0 Å². The fourth-order valence-corrected chi connectivity index (χ4v) is 4.44. The maximum atomic E-state index is 13.0. The summed E-state index contributed by atoms with van der Waals surface area (Å²) in [6, 6.07) is 11.4. The van der Waals surface area contributed by atoms with Crippen LogP contribution >= 0.6 is 0 Å². The Morgan fingerprint density at radius 3 is 2.52 bits per heavy atom. The molecule has 154 valence electrons. The number of ether oxygens (including phenoxy) is 1. The van der Waals surface area contributed by atoms with Gasteiger partial charge in [-0.2, -0.15) is 9.41 Å². The summed E-state index contributed by atoms with van der Waals surface area (Å²) in [5.41, 5.74) is 4.62. The van der Waals surface area contributed by atoms with E-state index in [1.165, 1.54) is 22.0 Å². The predicted molar refractivity (Wildman–Crippen MR) is 110 cm³/mol. The number of aryl methyl sites for hydroxylation is 1. The number of nitro benzene ring substituents is 1. The number of hydrazone groups is 1. The van der Waals surface area contributed by atoms with E-state index in [1.807, 2.05) is 24.3 Å². The van der Waals surface area contributed by atoms with E-state index in [0.717, 1.165) is 18.1 Å². The molecule has 2 aromatic carbocycles. The standard InChI is InChI=1S/C19H22N4O5S/c1-2-15-3-5-16(6-4-15)14-20-21-18-8-7-17(23(24)25)13-19(18)29(26,27)22-9-11-28-12-10-22/h3-8,13-14,21H,2,9-12H2,1H3. The molecule has 0 atom stereocenters. The van der Waals surface area contributed by atoms with Crippen LogP contribution in [0.25, 0.3) is 0 Å². The number of nitro groups is 1. The molecule has 29 heavy (non-hydrogen) atoms. The average molecular weight is 418 g/mol. The predicted octanol–water partition coefficient (Wildman–Crippen LogP) is 2.62. The van der Waals surface area contributed by atoms with Crippen LogP contribution in [-0.4, -0.2) is 50.2 Å². The molecule has 0 saturated carbocycles. The molecule has 0 radical (unpaired) electrons. The largest absolute Gasteiger partial charge is 0.379 e. The fraction of sp³-hybridized carbons (Fsp3) is 0.316. The van der Waals surface area contributed by atoms with E-state index in [9.17, 15) is 18.5 Å². The van der Waals surface area contributed by atoms with Crippen LogP contribution in [-0.2, 0) is 21.2 Å². The van der Waals surface area contributed by atoms with Crippen LogP contribution in [0.4, 0.5) is 11.4 Å². The maximum absolute atomic E-state index is 13.0. The van der Waals surface area contributed by atoms with Gasteiger partial charge in [0.05, 0.1) is 30.0 Å². The lowest BCUT2D eigenvalue weighted by Crippen LogP contribution is -2.40. The van der Waals surface area contributed by atoms with E-state index in [0.29, 0.717) is 0 Å². The first-order valence-electron chi connectivity index (χ1n) is 9.16. The third-order valence-electron chi connectivity index (χ3n) is 4.55. The zero-order valence-electron chi connectivity index (χ0n) is 15.9. The summed E-state index contributed by atoms with van der Waals surface area (Å²) in [4.78, 5) is 10.3. The van der Waals surface area contributed by atoms with Gasteiger partial charge in [-0.1, -0.05) is 31.2 Å². The summed E-state index contributed by atoms with van der Waals surface area (Å²) in [5, 5.41) is 15.3. The van der Waals surface area contributed by atoms with Gasteiger partial charge in [0.15, 0.2) is 0 Å². The van der Waals surface area contributed by atoms with Crippen molar-refractivity contribution in [3.8, 4) is 0 Å². The van der Waals surface area contributed by atoms with Gasteiger partial charge in [-0.25, -0.2) is 8.42 Å². The number of sulfonamides is 1. The second kappa shape index (κ2) is 9.12. The Morgan fingerprint density at radius 2 is 1.90 bits per heavy atom. The van der Waals surface area contributed by atoms with E-state index in [-0.39, 0.29) is 42.6 Å². The first kappa shape index (κ1) is 20.9. The van der Waals surface area contributed by atoms with Gasteiger partial charge in [0.25, 0.3) is 5.69 Å². The Labute approximate surface area is 169 Å². The molecule has 0 aromatic heterocycles. The zero-order valence-corrected chi connectivity index (χ0v) is 16.8. The normalized spacial score (nSPS) is 15.5. The highest BCUT2D eigenvalue weighted by atomic mass is 32.2. The molecule has 1 N–H and O–H groups in total. The highest BCUT2D eigenvalue weighted by molar-refractivity contribution is 7.89. The molecule has 2 aromatic rings. The van der Waals surface area contributed by atoms with Gasteiger partial charge in [0, 0.05) is 25.2 Å². The lowest BCUT2D eigenvalue weighted by atomic mass is 10.1. The van der Waals surface area contributed by atoms with Gasteiger partial charge in [0.1, 0.15) is 4.90 Å². The van der Waals surface area contributed by atoms with Crippen molar-refractivity contribution in [3.05, 3.63) is 63.7 Å². The SMILES string of the molecule is CCc1ccc(C=NNc2ccc([N+](=O)[O-])cc2S(=O)(=O)N2CCOCC2)cc1. The molecular formula is C19H22N4O5S. The van der Waals surface area contributed by atoms with E-state index in [2.05, 4.69) is 17.5 Å². The molecule has 1 aliphatic rings. The molecule has 1 fully saturated rings. The number of anilines is 1. The van der Waals surface area contributed by atoms with Gasteiger partial charge in [-0.05, 0) is 23.6 Å². The Morgan fingerprint density at radius 1 is 1.21 bits per heavy atom. The molecule has 1 aliphatic heterocycles. The lowest BCUT2D eigenvalue weighted by Gasteiger charge is -2.26. The van der Waals surface area contributed by atoms with Gasteiger partial charge in [-0.3, -0.25) is 15.5 Å². The Balaban J connectivity index is 1.89. The van der Waals surface area contributed by atoms with Crippen molar-refractivity contribution in [1.29, 1.82) is 0 Å². The topological polar surface area (TPSA) is 114 Å². The highest BCUT2D eigenvalue weighted by Crippen LogP contribution is 2.29. The van der Waals surface area contributed by atoms with Gasteiger partial charge < -0.3 is 4.74 Å². The molecule has 0 bridgehead atoms. The third-order valence-corrected chi connectivity index (χ3v) is 6.49. The van der Waals surface area contributed by atoms with Crippen molar-refractivity contribution in [2.75, 3.05) is 31.7 Å². The molecule has 0 unspecified atom stereocenters. The minimum atomic E-state index is -3.94. The van der Waals surface area contributed by atoms with Crippen molar-refractivity contribution >= 4 is 27.6 Å². The molecule has 10 heteroatoms. The number of nitrogens with zero attached hydrogens (tertiary/aromatic N) is 3. The number of rotatable bonds is 7. The number of benzene rings is 2. The van der Waals surface area contributed by atoms with E-state index in [1.54, 1.807) is 6.21 Å². The second-order valence-electron chi connectivity index (χ2n) is 6.42. The number of morpholine rings is 1. The minimum Gasteiger partial charge on any atom is -0.379 e. The average Bonchev–Trinajstić information content (AvgIpc) is 2.75. The summed E-state index contributed by atoms with van der Waals surface area (Å²) in [7, 11) is -3.94. The van der Waals surface area contributed by atoms with Gasteiger partial charge in [0.2, 0.25) is 10.0 Å². The first-order valence-corrected chi connectivity index (χ1v) is 10.6. The van der Waals surface area contributed by atoms with E-state index < -0.39 is 14.9 Å². The van der Waals surface area contributed by atoms with Crippen molar-refractivity contribution < 1.29 is 18.1 Å². The van der Waals surface area contributed by atoms with E-state index in [4.69, 9.17) is 4.74 Å². The number of hydrogen-bond donors (Lipinski definition) is 1. The van der Waals surface area contributed by atoms with Gasteiger partial charge >= 0.3 is 0 Å². The molecule has 0 spiro atoms. The van der Waals surface area contributed by atoms with Crippen LogP contribution in [0.3, 0.4) is 0 Å². The number of hydrogen-bond acceptors (Lipinski definition) is 7. The summed E-state index contributed by atoms with van der Waals surface area (Å²) in [6.07, 6.45) is 2.49. The van der Waals surface area contributed by atoms with Crippen molar-refractivity contribution in [1.82, 2.24) is 4.31 Å². The van der Waals surface area contributed by atoms with Crippen LogP contribution in [0.5, 0.6) is 0 Å². The van der Waals surface area contributed by atoms with E-state index >= 15 is 0 Å². The van der Waals surface area contributed by atoms with Crippen LogP contribution in [0.15, 0.2) is 52.5 Å². The van der Waals surface area contributed by atoms with Crippen LogP contribution in [0, 0.1) is 10.1 Å². The quantitative estimate of drug-likeness (QED) is 0.420. The zero-order chi connectivity index (χ0) is 20.9. The Kier molecular flexibility index (Phi) is 6.57. The van der Waals surface area contributed by atoms with Crippen molar-refractivity contribution in [2.24, 2.45) is 5.10 Å². The Hall–Kier alpha value is -2.82. The molecular weight excluding hydrogens is 396 g/mol. The maximum Gasteiger partial charge on any atom is 0.270 e. The third kappa shape index (κ3) is 4.97. The summed E-state index contributed by atoms with van der Waals surface area (Å²) in [5.74, 6) is 0. The smallest absolute Gasteiger partial charge is 0.270 e. The van der Waals surface area contributed by atoms with Crippen LogP contribution in [0.2, 0.25) is 0 Å². The summed E-state index contributed by atoms with van der Waals surface area (Å²) in [6.45, 7) is 3.01. The monoisotopic (exact) mass is 418 g/mol. The second-order valence-corrected chi connectivity index (χ2v) is 8.33.